The molecule has 1 unspecified atom stereocenters. The van der Waals surface area contributed by atoms with Gasteiger partial charge in [0.05, 0.1) is 11.4 Å². The molecule has 24 heavy (non-hydrogen) atoms. The van der Waals surface area contributed by atoms with Crippen molar-refractivity contribution < 1.29 is 13.2 Å². The molecule has 1 aromatic rings. The fraction of sp³-hybridized carbons (Fsp3) is 0.533. The van der Waals surface area contributed by atoms with E-state index in [9.17, 15) is 13.2 Å². The number of anilines is 2. The number of sulfonamides is 1. The zero-order valence-corrected chi connectivity index (χ0v) is 16.0. The van der Waals surface area contributed by atoms with E-state index in [1.54, 1.807) is 24.3 Å². The van der Waals surface area contributed by atoms with Crippen LogP contribution < -0.4 is 15.4 Å². The Balaban J connectivity index is 0.00000288. The largest absolute Gasteiger partial charge is 0.326 e. The molecule has 6 nitrogen and oxygen atoms in total. The van der Waals surface area contributed by atoms with Gasteiger partial charge < -0.3 is 10.6 Å². The van der Waals surface area contributed by atoms with E-state index in [0.29, 0.717) is 24.2 Å². The number of benzene rings is 1. The summed E-state index contributed by atoms with van der Waals surface area (Å²) in [5.41, 5.74) is 1.05. The highest BCUT2D eigenvalue weighted by Crippen LogP contribution is 2.18. The molecule has 1 amide bonds. The standard InChI is InChI=1S/C15H23N3O3S2.ClH/c1-2-8-23(20,21)18-13-5-3-4-12(9-13)17-15(19)10-14-11-22-7-6-16-14;/h3-5,9,14,16,18H,2,6-8,10-11H2,1H3,(H,17,19);1H. The Labute approximate surface area is 154 Å². The monoisotopic (exact) mass is 393 g/mol. The van der Waals surface area contributed by atoms with Crippen LogP contribution in [0, 0.1) is 0 Å². The number of amides is 1. The van der Waals surface area contributed by atoms with Crippen LogP contribution in [0.25, 0.3) is 0 Å². The first-order valence-corrected chi connectivity index (χ1v) is 10.5. The number of hydrogen-bond acceptors (Lipinski definition) is 5. The van der Waals surface area contributed by atoms with Gasteiger partial charge in [0.25, 0.3) is 0 Å². The zero-order valence-electron chi connectivity index (χ0n) is 13.6. The maximum absolute atomic E-state index is 12.1. The normalized spacial score (nSPS) is 17.6. The molecule has 2 rings (SSSR count). The van der Waals surface area contributed by atoms with E-state index in [4.69, 9.17) is 0 Å². The van der Waals surface area contributed by atoms with Gasteiger partial charge in [-0.15, -0.1) is 12.4 Å². The molecule has 0 aliphatic carbocycles. The fourth-order valence-corrected chi connectivity index (χ4v) is 4.42. The minimum Gasteiger partial charge on any atom is -0.326 e. The third kappa shape index (κ3) is 7.29. The highest BCUT2D eigenvalue weighted by atomic mass is 35.5. The van der Waals surface area contributed by atoms with E-state index < -0.39 is 10.0 Å². The molecule has 0 spiro atoms. The number of carbonyl (C=O) groups is 1. The number of thioether (sulfide) groups is 1. The molecule has 1 fully saturated rings. The number of rotatable bonds is 7. The first-order chi connectivity index (χ1) is 11.0. The summed E-state index contributed by atoms with van der Waals surface area (Å²) in [4.78, 5) is 12.1. The van der Waals surface area contributed by atoms with Gasteiger partial charge in [0.2, 0.25) is 15.9 Å². The lowest BCUT2D eigenvalue weighted by Crippen LogP contribution is -2.39. The summed E-state index contributed by atoms with van der Waals surface area (Å²) in [6.07, 6.45) is 0.969. The molecule has 1 saturated heterocycles. The number of nitrogens with one attached hydrogen (secondary N) is 3. The summed E-state index contributed by atoms with van der Waals surface area (Å²) in [5, 5.41) is 6.14. The number of halogens is 1. The van der Waals surface area contributed by atoms with Crippen molar-refractivity contribution in [1.82, 2.24) is 5.32 Å². The van der Waals surface area contributed by atoms with Gasteiger partial charge in [0, 0.05) is 36.2 Å². The first-order valence-electron chi connectivity index (χ1n) is 7.70. The molecule has 9 heteroatoms. The van der Waals surface area contributed by atoms with E-state index in [2.05, 4.69) is 15.4 Å². The molecule has 0 radical (unpaired) electrons. The lowest BCUT2D eigenvalue weighted by molar-refractivity contribution is -0.116. The van der Waals surface area contributed by atoms with Crippen LogP contribution in [-0.4, -0.2) is 44.2 Å². The summed E-state index contributed by atoms with van der Waals surface area (Å²) >= 11 is 1.85. The third-order valence-corrected chi connectivity index (χ3v) is 5.95. The van der Waals surface area contributed by atoms with Crippen LogP contribution in [0.3, 0.4) is 0 Å². The van der Waals surface area contributed by atoms with Gasteiger partial charge in [-0.2, -0.15) is 11.8 Å². The van der Waals surface area contributed by atoms with Crippen molar-refractivity contribution >= 4 is 51.5 Å². The summed E-state index contributed by atoms with van der Waals surface area (Å²) < 4.78 is 26.1. The average molecular weight is 394 g/mol. The van der Waals surface area contributed by atoms with Gasteiger partial charge in [-0.3, -0.25) is 9.52 Å². The van der Waals surface area contributed by atoms with Crippen molar-refractivity contribution in [3.05, 3.63) is 24.3 Å². The van der Waals surface area contributed by atoms with Gasteiger partial charge in [0.15, 0.2) is 0 Å². The molecule has 1 atom stereocenters. The fourth-order valence-electron chi connectivity index (χ4n) is 2.35. The van der Waals surface area contributed by atoms with Crippen LogP contribution in [0.2, 0.25) is 0 Å². The van der Waals surface area contributed by atoms with Crippen molar-refractivity contribution in [2.75, 3.05) is 33.8 Å². The maximum Gasteiger partial charge on any atom is 0.232 e. The summed E-state index contributed by atoms with van der Waals surface area (Å²) in [6, 6.07) is 6.96. The quantitative estimate of drug-likeness (QED) is 0.661. The van der Waals surface area contributed by atoms with Crippen LogP contribution >= 0.6 is 24.2 Å². The van der Waals surface area contributed by atoms with E-state index >= 15 is 0 Å². The topological polar surface area (TPSA) is 87.3 Å². The molecule has 1 aromatic carbocycles. The highest BCUT2D eigenvalue weighted by Gasteiger charge is 2.17. The van der Waals surface area contributed by atoms with Crippen molar-refractivity contribution in [3.8, 4) is 0 Å². The summed E-state index contributed by atoms with van der Waals surface area (Å²) in [6.45, 7) is 2.74. The van der Waals surface area contributed by atoms with Crippen LogP contribution in [0.15, 0.2) is 24.3 Å². The Kier molecular flexibility index (Phi) is 8.90. The molecule has 0 aromatic heterocycles. The summed E-state index contributed by atoms with van der Waals surface area (Å²) in [7, 11) is -3.33. The Morgan fingerprint density at radius 3 is 2.79 bits per heavy atom. The molecular formula is C15H24ClN3O3S2. The van der Waals surface area contributed by atoms with E-state index in [1.807, 2.05) is 18.7 Å². The SMILES string of the molecule is CCCS(=O)(=O)Nc1cccc(NC(=O)CC2CSCCN2)c1.Cl. The highest BCUT2D eigenvalue weighted by molar-refractivity contribution is 7.99. The lowest BCUT2D eigenvalue weighted by atomic mass is 10.2. The predicted octanol–water partition coefficient (Wildman–Crippen LogP) is 2.29. The molecular weight excluding hydrogens is 370 g/mol. The predicted molar refractivity (Wildman–Crippen MR) is 104 cm³/mol. The third-order valence-electron chi connectivity index (χ3n) is 3.32. The average Bonchev–Trinajstić information content (AvgIpc) is 2.47. The van der Waals surface area contributed by atoms with Gasteiger partial charge in [0.1, 0.15) is 0 Å². The van der Waals surface area contributed by atoms with Crippen LogP contribution in [0.1, 0.15) is 19.8 Å². The van der Waals surface area contributed by atoms with Crippen molar-refractivity contribution in [1.29, 1.82) is 0 Å². The Hall–Kier alpha value is -0.960. The Bertz CT molecular complexity index is 635. The van der Waals surface area contributed by atoms with Gasteiger partial charge in [-0.25, -0.2) is 8.42 Å². The van der Waals surface area contributed by atoms with Crippen molar-refractivity contribution in [2.45, 2.75) is 25.8 Å². The lowest BCUT2D eigenvalue weighted by Gasteiger charge is -2.22. The maximum atomic E-state index is 12.1. The molecule has 1 aliphatic rings. The molecule has 136 valence electrons. The summed E-state index contributed by atoms with van der Waals surface area (Å²) in [5.74, 6) is 2.02. The van der Waals surface area contributed by atoms with Crippen LogP contribution in [-0.2, 0) is 14.8 Å². The molecule has 1 aliphatic heterocycles. The zero-order chi connectivity index (χ0) is 16.7. The number of carbonyl (C=O) groups excluding carboxylic acids is 1. The molecule has 1 heterocycles. The Morgan fingerprint density at radius 2 is 2.12 bits per heavy atom. The van der Waals surface area contributed by atoms with Crippen LogP contribution in [0.4, 0.5) is 11.4 Å². The van der Waals surface area contributed by atoms with Gasteiger partial charge in [-0.05, 0) is 24.6 Å². The first kappa shape index (κ1) is 21.1. The molecule has 0 saturated carbocycles. The Morgan fingerprint density at radius 1 is 1.38 bits per heavy atom. The van der Waals surface area contributed by atoms with Crippen molar-refractivity contribution in [3.63, 3.8) is 0 Å². The van der Waals surface area contributed by atoms with Gasteiger partial charge in [-0.1, -0.05) is 13.0 Å². The minimum atomic E-state index is -3.33. The number of hydrogen-bond donors (Lipinski definition) is 3. The second kappa shape index (κ2) is 10.1. The smallest absolute Gasteiger partial charge is 0.232 e. The van der Waals surface area contributed by atoms with E-state index in [-0.39, 0.29) is 30.1 Å². The minimum absolute atomic E-state index is 0. The van der Waals surface area contributed by atoms with Crippen molar-refractivity contribution in [2.24, 2.45) is 0 Å². The second-order valence-corrected chi connectivity index (χ2v) is 8.47. The van der Waals surface area contributed by atoms with E-state index in [1.165, 1.54) is 0 Å². The molecule has 3 N–H and O–H groups in total. The second-order valence-electron chi connectivity index (χ2n) is 5.48. The van der Waals surface area contributed by atoms with Crippen LogP contribution in [0.5, 0.6) is 0 Å². The van der Waals surface area contributed by atoms with E-state index in [0.717, 1.165) is 18.1 Å². The van der Waals surface area contributed by atoms with Gasteiger partial charge >= 0.3 is 0 Å². The molecule has 0 bridgehead atoms.